The Bertz CT molecular complexity index is 212. The molecule has 94 valence electrons. The van der Waals surface area contributed by atoms with Crippen LogP contribution in [0.1, 0.15) is 39.5 Å². The smallest absolute Gasteiger partial charge is 0.0858 e. The van der Waals surface area contributed by atoms with Crippen LogP contribution in [0.15, 0.2) is 0 Å². The first-order valence-corrected chi connectivity index (χ1v) is 6.72. The molecular weight excluding hydrogens is 202 g/mol. The van der Waals surface area contributed by atoms with E-state index < -0.39 is 0 Å². The molecule has 1 atom stereocenters. The largest absolute Gasteiger partial charge is 0.380 e. The second-order valence-corrected chi connectivity index (χ2v) is 5.26. The number of hydrogen-bond donors (Lipinski definition) is 1. The third-order valence-electron chi connectivity index (χ3n) is 4.13. The second-order valence-electron chi connectivity index (χ2n) is 5.26. The quantitative estimate of drug-likeness (QED) is 0.799. The molecule has 1 aliphatic carbocycles. The van der Waals surface area contributed by atoms with Gasteiger partial charge in [-0.15, -0.1) is 0 Å². The Balaban J connectivity index is 1.97. The normalized spacial score (nSPS) is 40.1. The van der Waals surface area contributed by atoms with E-state index in [9.17, 15) is 0 Å². The zero-order valence-electron chi connectivity index (χ0n) is 10.6. The van der Waals surface area contributed by atoms with Crippen LogP contribution in [0.5, 0.6) is 0 Å². The number of nitrogens with one attached hydrogen (secondary N) is 1. The van der Waals surface area contributed by atoms with Crippen molar-refractivity contribution in [3.63, 3.8) is 0 Å². The predicted molar refractivity (Wildman–Crippen MR) is 64.6 cm³/mol. The maximum Gasteiger partial charge on any atom is 0.0858 e. The van der Waals surface area contributed by atoms with Crippen LogP contribution < -0.4 is 5.32 Å². The van der Waals surface area contributed by atoms with E-state index in [-0.39, 0.29) is 5.60 Å². The first-order chi connectivity index (χ1) is 7.77. The Hall–Kier alpha value is -0.120. The summed E-state index contributed by atoms with van der Waals surface area (Å²) in [5.74, 6) is 0.865. The van der Waals surface area contributed by atoms with Crippen molar-refractivity contribution in [2.75, 3.05) is 26.4 Å². The zero-order chi connectivity index (χ0) is 11.4. The summed E-state index contributed by atoms with van der Waals surface area (Å²) in [6.45, 7) is 7.82. The van der Waals surface area contributed by atoms with Crippen molar-refractivity contribution in [2.45, 2.75) is 51.2 Å². The van der Waals surface area contributed by atoms with Crippen LogP contribution in [0.25, 0.3) is 0 Å². The molecule has 2 rings (SSSR count). The number of morpholine rings is 1. The molecular formula is C13H25NO2. The van der Waals surface area contributed by atoms with E-state index in [0.29, 0.717) is 6.04 Å². The van der Waals surface area contributed by atoms with Crippen molar-refractivity contribution in [3.8, 4) is 0 Å². The minimum absolute atomic E-state index is 0.0694. The summed E-state index contributed by atoms with van der Waals surface area (Å²) < 4.78 is 11.7. The molecule has 1 unspecified atom stereocenters. The maximum absolute atomic E-state index is 6.12. The third-order valence-corrected chi connectivity index (χ3v) is 4.13. The van der Waals surface area contributed by atoms with Crippen molar-refractivity contribution < 1.29 is 9.47 Å². The van der Waals surface area contributed by atoms with Gasteiger partial charge in [0.25, 0.3) is 0 Å². The second kappa shape index (κ2) is 5.48. The summed E-state index contributed by atoms with van der Waals surface area (Å²) in [5, 5.41) is 3.58. The monoisotopic (exact) mass is 227 g/mol. The third kappa shape index (κ3) is 2.58. The van der Waals surface area contributed by atoms with E-state index in [4.69, 9.17) is 9.47 Å². The molecule has 1 heterocycles. The Morgan fingerprint density at radius 2 is 2.12 bits per heavy atom. The SMILES string of the molecule is CCOCC1NCCOC12CCC(C)CC2. The molecule has 0 aromatic heterocycles. The van der Waals surface area contributed by atoms with Crippen molar-refractivity contribution in [1.29, 1.82) is 0 Å². The van der Waals surface area contributed by atoms with Crippen molar-refractivity contribution in [1.82, 2.24) is 5.32 Å². The molecule has 0 radical (unpaired) electrons. The van der Waals surface area contributed by atoms with Crippen LogP contribution >= 0.6 is 0 Å². The van der Waals surface area contributed by atoms with Gasteiger partial charge < -0.3 is 14.8 Å². The highest BCUT2D eigenvalue weighted by molar-refractivity contribution is 4.98. The fourth-order valence-corrected chi connectivity index (χ4v) is 2.96. The van der Waals surface area contributed by atoms with Crippen molar-refractivity contribution >= 4 is 0 Å². The average molecular weight is 227 g/mol. The topological polar surface area (TPSA) is 30.5 Å². The van der Waals surface area contributed by atoms with Gasteiger partial charge in [-0.1, -0.05) is 6.92 Å². The molecule has 1 N–H and O–H groups in total. The molecule has 16 heavy (non-hydrogen) atoms. The van der Waals surface area contributed by atoms with E-state index >= 15 is 0 Å². The van der Waals surface area contributed by atoms with Crippen LogP contribution in [0.4, 0.5) is 0 Å². The number of hydrogen-bond acceptors (Lipinski definition) is 3. The van der Waals surface area contributed by atoms with Gasteiger partial charge in [0, 0.05) is 13.2 Å². The molecule has 1 saturated heterocycles. The van der Waals surface area contributed by atoms with Crippen molar-refractivity contribution in [2.24, 2.45) is 5.92 Å². The van der Waals surface area contributed by atoms with Gasteiger partial charge in [-0.25, -0.2) is 0 Å². The van der Waals surface area contributed by atoms with Gasteiger partial charge in [-0.2, -0.15) is 0 Å². The summed E-state index contributed by atoms with van der Waals surface area (Å²) in [7, 11) is 0. The molecule has 1 spiro atoms. The highest BCUT2D eigenvalue weighted by Crippen LogP contribution is 2.38. The van der Waals surface area contributed by atoms with Crippen LogP contribution in [-0.4, -0.2) is 38.0 Å². The first kappa shape index (κ1) is 12.3. The molecule has 2 aliphatic rings. The molecule has 0 aromatic rings. The van der Waals surface area contributed by atoms with Crippen LogP contribution in [0, 0.1) is 5.92 Å². The van der Waals surface area contributed by atoms with Gasteiger partial charge in [0.1, 0.15) is 0 Å². The summed E-state index contributed by atoms with van der Waals surface area (Å²) in [6.07, 6.45) is 4.98. The lowest BCUT2D eigenvalue weighted by molar-refractivity contribution is -0.136. The molecule has 3 heteroatoms. The molecule has 1 saturated carbocycles. The highest BCUT2D eigenvalue weighted by atomic mass is 16.5. The average Bonchev–Trinajstić information content (AvgIpc) is 2.32. The lowest BCUT2D eigenvalue weighted by atomic mass is 9.75. The van der Waals surface area contributed by atoms with Crippen molar-refractivity contribution in [3.05, 3.63) is 0 Å². The van der Waals surface area contributed by atoms with E-state index in [2.05, 4.69) is 19.2 Å². The lowest BCUT2D eigenvalue weighted by Crippen LogP contribution is -2.61. The number of rotatable bonds is 3. The van der Waals surface area contributed by atoms with E-state index in [1.807, 2.05) is 0 Å². The predicted octanol–water partition coefficient (Wildman–Crippen LogP) is 1.96. The lowest BCUT2D eigenvalue weighted by Gasteiger charge is -2.47. The van der Waals surface area contributed by atoms with Gasteiger partial charge in [-0.05, 0) is 38.5 Å². The molecule has 0 bridgehead atoms. The first-order valence-electron chi connectivity index (χ1n) is 6.72. The molecule has 2 fully saturated rings. The minimum Gasteiger partial charge on any atom is -0.380 e. The fraction of sp³-hybridized carbons (Fsp3) is 1.00. The van der Waals surface area contributed by atoms with Crippen LogP contribution in [0.2, 0.25) is 0 Å². The summed E-state index contributed by atoms with van der Waals surface area (Å²) >= 11 is 0. The Labute approximate surface area is 98.9 Å². The molecule has 1 aliphatic heterocycles. The molecule has 0 amide bonds. The van der Waals surface area contributed by atoms with Crippen LogP contribution in [-0.2, 0) is 9.47 Å². The van der Waals surface area contributed by atoms with Gasteiger partial charge in [0.05, 0.1) is 24.9 Å². The fourth-order valence-electron chi connectivity index (χ4n) is 2.96. The maximum atomic E-state index is 6.12. The van der Waals surface area contributed by atoms with Gasteiger partial charge in [0.2, 0.25) is 0 Å². The van der Waals surface area contributed by atoms with E-state index in [1.165, 1.54) is 25.7 Å². The summed E-state index contributed by atoms with van der Waals surface area (Å²) in [4.78, 5) is 0. The summed E-state index contributed by atoms with van der Waals surface area (Å²) in [6, 6.07) is 0.397. The van der Waals surface area contributed by atoms with E-state index in [1.54, 1.807) is 0 Å². The van der Waals surface area contributed by atoms with Gasteiger partial charge >= 0.3 is 0 Å². The Morgan fingerprint density at radius 3 is 2.81 bits per heavy atom. The molecule has 0 aromatic carbocycles. The summed E-state index contributed by atoms with van der Waals surface area (Å²) in [5.41, 5.74) is 0.0694. The highest BCUT2D eigenvalue weighted by Gasteiger charge is 2.43. The Morgan fingerprint density at radius 1 is 1.38 bits per heavy atom. The molecule has 3 nitrogen and oxygen atoms in total. The van der Waals surface area contributed by atoms with Gasteiger partial charge in [-0.3, -0.25) is 0 Å². The standard InChI is InChI=1S/C13H25NO2/c1-3-15-10-12-13(16-9-8-14-12)6-4-11(2)5-7-13/h11-12,14H,3-10H2,1-2H3. The minimum atomic E-state index is 0.0694. The Kier molecular flexibility index (Phi) is 4.22. The van der Waals surface area contributed by atoms with Gasteiger partial charge in [0.15, 0.2) is 0 Å². The van der Waals surface area contributed by atoms with Crippen LogP contribution in [0.3, 0.4) is 0 Å². The number of ether oxygens (including phenoxy) is 2. The van der Waals surface area contributed by atoms with E-state index in [0.717, 1.165) is 32.3 Å². The zero-order valence-corrected chi connectivity index (χ0v) is 10.6.